The van der Waals surface area contributed by atoms with E-state index >= 15 is 0 Å². The second kappa shape index (κ2) is 6.54. The predicted octanol–water partition coefficient (Wildman–Crippen LogP) is 2.38. The Bertz CT molecular complexity index is 523. The molecule has 4 heteroatoms. The van der Waals surface area contributed by atoms with Crippen molar-refractivity contribution in [3.8, 4) is 5.88 Å². The van der Waals surface area contributed by atoms with Crippen molar-refractivity contribution < 1.29 is 14.3 Å². The fourth-order valence-electron chi connectivity index (χ4n) is 1.59. The van der Waals surface area contributed by atoms with Gasteiger partial charge in [-0.1, -0.05) is 36.4 Å². The molecule has 0 aliphatic rings. The van der Waals surface area contributed by atoms with Crippen molar-refractivity contribution in [3.63, 3.8) is 0 Å². The molecule has 0 spiro atoms. The van der Waals surface area contributed by atoms with E-state index < -0.39 is 0 Å². The monoisotopic (exact) mass is 257 g/mol. The molecule has 2 rings (SSSR count). The number of rotatable bonds is 5. The molecule has 2 aromatic rings. The molecule has 1 aromatic carbocycles. The Morgan fingerprint density at radius 3 is 2.53 bits per heavy atom. The van der Waals surface area contributed by atoms with Crippen LogP contribution in [0.3, 0.4) is 0 Å². The minimum atomic E-state index is -0.268. The maximum atomic E-state index is 11.7. The van der Waals surface area contributed by atoms with Gasteiger partial charge in [-0.15, -0.1) is 0 Å². The van der Waals surface area contributed by atoms with Crippen molar-refractivity contribution in [3.05, 3.63) is 59.8 Å². The average molecular weight is 257 g/mol. The summed E-state index contributed by atoms with van der Waals surface area (Å²) < 4.78 is 10.1. The molecule has 0 radical (unpaired) electrons. The molecule has 19 heavy (non-hydrogen) atoms. The van der Waals surface area contributed by atoms with Gasteiger partial charge in [0.25, 0.3) is 0 Å². The van der Waals surface area contributed by atoms with Gasteiger partial charge in [-0.2, -0.15) is 0 Å². The lowest BCUT2D eigenvalue weighted by Crippen LogP contribution is -2.08. The van der Waals surface area contributed by atoms with Crippen LogP contribution in [0.4, 0.5) is 0 Å². The fraction of sp³-hybridized carbons (Fsp3) is 0.200. The zero-order valence-corrected chi connectivity index (χ0v) is 10.7. The van der Waals surface area contributed by atoms with Crippen LogP contribution in [0.1, 0.15) is 11.1 Å². The van der Waals surface area contributed by atoms with Gasteiger partial charge in [0.1, 0.15) is 6.61 Å². The van der Waals surface area contributed by atoms with Gasteiger partial charge in [0.2, 0.25) is 5.88 Å². The van der Waals surface area contributed by atoms with E-state index in [0.29, 0.717) is 12.5 Å². The highest BCUT2D eigenvalue weighted by molar-refractivity contribution is 5.72. The van der Waals surface area contributed by atoms with E-state index in [-0.39, 0.29) is 12.4 Å². The molecular weight excluding hydrogens is 242 g/mol. The van der Waals surface area contributed by atoms with Crippen molar-refractivity contribution in [1.29, 1.82) is 0 Å². The molecular formula is C15H15NO3. The quantitative estimate of drug-likeness (QED) is 0.772. The number of esters is 1. The zero-order chi connectivity index (χ0) is 13.5. The van der Waals surface area contributed by atoms with Crippen LogP contribution in [0.2, 0.25) is 0 Å². The zero-order valence-electron chi connectivity index (χ0n) is 10.7. The van der Waals surface area contributed by atoms with Crippen LogP contribution in [0.5, 0.6) is 5.88 Å². The summed E-state index contributed by atoms with van der Waals surface area (Å²) in [5, 5.41) is 0. The van der Waals surface area contributed by atoms with E-state index in [4.69, 9.17) is 9.47 Å². The lowest BCUT2D eigenvalue weighted by Gasteiger charge is -2.05. The van der Waals surface area contributed by atoms with Crippen LogP contribution < -0.4 is 4.74 Å². The highest BCUT2D eigenvalue weighted by atomic mass is 16.5. The van der Waals surface area contributed by atoms with Crippen molar-refractivity contribution in [1.82, 2.24) is 4.98 Å². The summed E-state index contributed by atoms with van der Waals surface area (Å²) in [6, 6.07) is 13.1. The Labute approximate surface area is 112 Å². The normalized spacial score (nSPS) is 9.95. The van der Waals surface area contributed by atoms with E-state index in [9.17, 15) is 4.79 Å². The fourth-order valence-corrected chi connectivity index (χ4v) is 1.59. The first-order valence-electron chi connectivity index (χ1n) is 5.96. The van der Waals surface area contributed by atoms with E-state index in [1.165, 1.54) is 0 Å². The van der Waals surface area contributed by atoms with Crippen molar-refractivity contribution in [2.24, 2.45) is 0 Å². The molecule has 0 amide bonds. The second-order valence-electron chi connectivity index (χ2n) is 4.03. The van der Waals surface area contributed by atoms with Gasteiger partial charge in [-0.25, -0.2) is 4.98 Å². The number of benzene rings is 1. The summed E-state index contributed by atoms with van der Waals surface area (Å²) in [7, 11) is 1.55. The third kappa shape index (κ3) is 4.10. The van der Waals surface area contributed by atoms with Gasteiger partial charge in [-0.3, -0.25) is 4.79 Å². The van der Waals surface area contributed by atoms with Gasteiger partial charge in [0.05, 0.1) is 13.5 Å². The van der Waals surface area contributed by atoms with Crippen LogP contribution >= 0.6 is 0 Å². The standard InChI is InChI=1S/C15H15NO3/c1-18-14-8-7-13(10-16-14)9-15(17)19-11-12-5-3-2-4-6-12/h2-8,10H,9,11H2,1H3. The predicted molar refractivity (Wildman–Crippen MR) is 70.7 cm³/mol. The highest BCUT2D eigenvalue weighted by Crippen LogP contribution is 2.08. The van der Waals surface area contributed by atoms with Gasteiger partial charge in [0.15, 0.2) is 0 Å². The molecule has 98 valence electrons. The van der Waals surface area contributed by atoms with E-state index in [1.54, 1.807) is 25.4 Å². The second-order valence-corrected chi connectivity index (χ2v) is 4.03. The average Bonchev–Trinajstić information content (AvgIpc) is 2.47. The number of pyridine rings is 1. The van der Waals surface area contributed by atoms with Crippen molar-refractivity contribution in [2.75, 3.05) is 7.11 Å². The van der Waals surface area contributed by atoms with Gasteiger partial charge in [-0.05, 0) is 11.1 Å². The number of carbonyl (C=O) groups is 1. The molecule has 1 heterocycles. The third-order valence-electron chi connectivity index (χ3n) is 2.60. The van der Waals surface area contributed by atoms with Crippen LogP contribution in [0.15, 0.2) is 48.7 Å². The minimum absolute atomic E-state index is 0.212. The summed E-state index contributed by atoms with van der Waals surface area (Å²) >= 11 is 0. The molecule has 0 N–H and O–H groups in total. The lowest BCUT2D eigenvalue weighted by molar-refractivity contribution is -0.144. The minimum Gasteiger partial charge on any atom is -0.481 e. The Morgan fingerprint density at radius 1 is 1.11 bits per heavy atom. The number of hydrogen-bond acceptors (Lipinski definition) is 4. The van der Waals surface area contributed by atoms with Gasteiger partial charge in [0, 0.05) is 12.3 Å². The first-order valence-corrected chi connectivity index (χ1v) is 5.96. The van der Waals surface area contributed by atoms with Crippen LogP contribution in [-0.4, -0.2) is 18.1 Å². The Balaban J connectivity index is 1.83. The lowest BCUT2D eigenvalue weighted by atomic mass is 10.2. The SMILES string of the molecule is COc1ccc(CC(=O)OCc2ccccc2)cn1. The topological polar surface area (TPSA) is 48.4 Å². The summed E-state index contributed by atoms with van der Waals surface area (Å²) in [5.74, 6) is 0.261. The molecule has 0 bridgehead atoms. The van der Waals surface area contributed by atoms with E-state index in [1.807, 2.05) is 30.3 Å². The number of nitrogens with zero attached hydrogens (tertiary/aromatic N) is 1. The molecule has 0 aliphatic heterocycles. The third-order valence-corrected chi connectivity index (χ3v) is 2.60. The number of carbonyl (C=O) groups excluding carboxylic acids is 1. The van der Waals surface area contributed by atoms with Crippen LogP contribution in [0.25, 0.3) is 0 Å². The summed E-state index contributed by atoms with van der Waals surface area (Å²) in [6.45, 7) is 0.295. The molecule has 0 unspecified atom stereocenters. The van der Waals surface area contributed by atoms with Crippen molar-refractivity contribution >= 4 is 5.97 Å². The number of methoxy groups -OCH3 is 1. The van der Waals surface area contributed by atoms with Crippen LogP contribution in [0, 0.1) is 0 Å². The maximum absolute atomic E-state index is 11.7. The first kappa shape index (κ1) is 13.1. The summed E-state index contributed by atoms with van der Waals surface area (Å²) in [6.07, 6.45) is 1.83. The molecule has 4 nitrogen and oxygen atoms in total. The Morgan fingerprint density at radius 2 is 1.89 bits per heavy atom. The smallest absolute Gasteiger partial charge is 0.310 e. The van der Waals surface area contributed by atoms with Gasteiger partial charge >= 0.3 is 5.97 Å². The number of ether oxygens (including phenoxy) is 2. The van der Waals surface area contributed by atoms with E-state index in [2.05, 4.69) is 4.98 Å². The van der Waals surface area contributed by atoms with Crippen molar-refractivity contribution in [2.45, 2.75) is 13.0 Å². The molecule has 0 saturated heterocycles. The molecule has 0 aliphatic carbocycles. The highest BCUT2D eigenvalue weighted by Gasteiger charge is 2.06. The number of hydrogen-bond donors (Lipinski definition) is 0. The first-order chi connectivity index (χ1) is 9.28. The Hall–Kier alpha value is -2.36. The van der Waals surface area contributed by atoms with E-state index in [0.717, 1.165) is 11.1 Å². The van der Waals surface area contributed by atoms with Gasteiger partial charge < -0.3 is 9.47 Å². The number of aromatic nitrogens is 1. The molecule has 0 atom stereocenters. The summed E-state index contributed by atoms with van der Waals surface area (Å²) in [4.78, 5) is 15.7. The largest absolute Gasteiger partial charge is 0.481 e. The van der Waals surface area contributed by atoms with Crippen LogP contribution in [-0.2, 0) is 22.6 Å². The molecule has 1 aromatic heterocycles. The molecule has 0 fully saturated rings. The molecule has 0 saturated carbocycles. The Kier molecular flexibility index (Phi) is 4.50. The maximum Gasteiger partial charge on any atom is 0.310 e. The summed E-state index contributed by atoms with van der Waals surface area (Å²) in [5.41, 5.74) is 1.78.